The summed E-state index contributed by atoms with van der Waals surface area (Å²) in [6.07, 6.45) is 1.05. The lowest BCUT2D eigenvalue weighted by molar-refractivity contribution is -0.132. The number of piperazine rings is 1. The molecule has 0 aliphatic carbocycles. The molecule has 6 rings (SSSR count). The minimum absolute atomic E-state index is 0.0187. The third kappa shape index (κ3) is 4.53. The number of aryl methyl sites for hydroxylation is 1. The van der Waals surface area contributed by atoms with Crippen molar-refractivity contribution in [2.45, 2.75) is 70.7 Å². The molecule has 234 valence electrons. The normalized spacial score (nSPS) is 24.8. The highest BCUT2D eigenvalue weighted by Crippen LogP contribution is 2.58. The predicted molar refractivity (Wildman–Crippen MR) is 157 cm³/mol. The maximum Gasteiger partial charge on any atom is 0.308 e. The van der Waals surface area contributed by atoms with Crippen LogP contribution in [0, 0.1) is 25.2 Å². The van der Waals surface area contributed by atoms with E-state index in [1.807, 2.05) is 20.9 Å². The maximum absolute atomic E-state index is 12.4. The van der Waals surface area contributed by atoms with Gasteiger partial charge < -0.3 is 33.7 Å². The quantitative estimate of drug-likeness (QED) is 0.284. The van der Waals surface area contributed by atoms with Crippen LogP contribution in [0.5, 0.6) is 28.7 Å². The molecular formula is C32H38N4O8. The average Bonchev–Trinajstić information content (AvgIpc) is 3.47. The number of fused-ring (bicyclic) bond motifs is 9. The molecule has 1 saturated heterocycles. The number of methoxy groups -OCH3 is 2. The number of nitriles is 1. The number of ether oxygens (including phenoxy) is 6. The Balaban J connectivity index is 1.62. The highest BCUT2D eigenvalue weighted by molar-refractivity contribution is 5.75. The number of likely N-dealkylation sites (N-methyl/N-ethyl adjacent to an activating group) is 1. The zero-order chi connectivity index (χ0) is 31.4. The fourth-order valence-corrected chi connectivity index (χ4v) is 7.79. The Hall–Kier alpha value is -4.05. The van der Waals surface area contributed by atoms with E-state index in [4.69, 9.17) is 28.4 Å². The summed E-state index contributed by atoms with van der Waals surface area (Å²) in [6.45, 7) is 6.95. The summed E-state index contributed by atoms with van der Waals surface area (Å²) in [5, 5.41) is 13.8. The van der Waals surface area contributed by atoms with Crippen LogP contribution >= 0.6 is 0 Å². The van der Waals surface area contributed by atoms with E-state index in [1.54, 1.807) is 14.2 Å². The molecule has 4 heterocycles. The number of nitrogens with one attached hydrogen (secondary N) is 1. The summed E-state index contributed by atoms with van der Waals surface area (Å²) in [4.78, 5) is 29.2. The molecule has 0 radical (unpaired) electrons. The summed E-state index contributed by atoms with van der Waals surface area (Å²) in [5.74, 6) is 2.09. The van der Waals surface area contributed by atoms with E-state index >= 15 is 0 Å². The highest BCUT2D eigenvalue weighted by atomic mass is 16.7. The number of esters is 1. The van der Waals surface area contributed by atoms with Crippen LogP contribution in [0.15, 0.2) is 6.07 Å². The summed E-state index contributed by atoms with van der Waals surface area (Å²) in [5.41, 5.74) is 5.24. The summed E-state index contributed by atoms with van der Waals surface area (Å²) in [6, 6.07) is 3.08. The number of benzene rings is 2. The molecule has 1 unspecified atom stereocenters. The van der Waals surface area contributed by atoms with Crippen LogP contribution in [0.25, 0.3) is 0 Å². The molecule has 0 spiro atoms. The van der Waals surface area contributed by atoms with Crippen LogP contribution in [0.3, 0.4) is 0 Å². The average molecular weight is 607 g/mol. The first-order valence-corrected chi connectivity index (χ1v) is 14.7. The Bertz CT molecular complexity index is 1570. The van der Waals surface area contributed by atoms with Crippen LogP contribution in [-0.2, 0) is 27.2 Å². The third-order valence-electron chi connectivity index (χ3n) is 9.36. The predicted octanol–water partition coefficient (Wildman–Crippen LogP) is 2.86. The second kappa shape index (κ2) is 11.5. The summed E-state index contributed by atoms with van der Waals surface area (Å²) >= 11 is 0. The molecule has 44 heavy (non-hydrogen) atoms. The molecule has 0 aromatic heterocycles. The Labute approximate surface area is 256 Å². The van der Waals surface area contributed by atoms with E-state index in [0.29, 0.717) is 47.2 Å². The van der Waals surface area contributed by atoms with Gasteiger partial charge in [0.05, 0.1) is 25.3 Å². The van der Waals surface area contributed by atoms with E-state index in [1.165, 1.54) is 13.8 Å². The molecule has 2 aromatic rings. The van der Waals surface area contributed by atoms with Crippen molar-refractivity contribution in [3.8, 4) is 34.8 Å². The molecular weight excluding hydrogens is 568 g/mol. The fourth-order valence-electron chi connectivity index (χ4n) is 7.79. The van der Waals surface area contributed by atoms with Crippen molar-refractivity contribution in [2.24, 2.45) is 0 Å². The Morgan fingerprint density at radius 1 is 1.07 bits per heavy atom. The van der Waals surface area contributed by atoms with Gasteiger partial charge >= 0.3 is 5.97 Å². The number of carbonyl (C=O) groups excluding carboxylic acids is 2. The van der Waals surface area contributed by atoms with Gasteiger partial charge in [0, 0.05) is 61.8 Å². The van der Waals surface area contributed by atoms with Gasteiger partial charge in [0.2, 0.25) is 12.7 Å². The molecule has 2 aromatic carbocycles. The van der Waals surface area contributed by atoms with E-state index in [0.717, 1.165) is 27.8 Å². The van der Waals surface area contributed by atoms with E-state index < -0.39 is 18.1 Å². The second-order valence-electron chi connectivity index (χ2n) is 11.8. The molecule has 0 saturated carbocycles. The number of rotatable bonds is 7. The van der Waals surface area contributed by atoms with Crippen molar-refractivity contribution < 1.29 is 38.0 Å². The molecule has 1 N–H and O–H groups in total. The number of carbonyl (C=O) groups is 2. The Morgan fingerprint density at radius 3 is 2.48 bits per heavy atom. The van der Waals surface area contributed by atoms with Crippen LogP contribution in [0.2, 0.25) is 0 Å². The summed E-state index contributed by atoms with van der Waals surface area (Å²) < 4.78 is 35.2. The van der Waals surface area contributed by atoms with Crippen LogP contribution < -0.4 is 29.0 Å². The van der Waals surface area contributed by atoms with Gasteiger partial charge in [-0.2, -0.15) is 5.26 Å². The minimum Gasteiger partial charge on any atom is -0.493 e. The molecule has 5 atom stereocenters. The summed E-state index contributed by atoms with van der Waals surface area (Å²) in [7, 11) is 5.24. The lowest BCUT2D eigenvalue weighted by atomic mass is 9.71. The van der Waals surface area contributed by atoms with Crippen molar-refractivity contribution in [1.82, 2.24) is 15.1 Å². The van der Waals surface area contributed by atoms with E-state index in [2.05, 4.69) is 27.3 Å². The van der Waals surface area contributed by atoms with E-state index in [-0.39, 0.29) is 44.2 Å². The largest absolute Gasteiger partial charge is 0.493 e. The van der Waals surface area contributed by atoms with Crippen molar-refractivity contribution >= 4 is 11.9 Å². The van der Waals surface area contributed by atoms with Gasteiger partial charge in [0.25, 0.3) is 0 Å². The van der Waals surface area contributed by atoms with Gasteiger partial charge in [-0.05, 0) is 44.9 Å². The maximum atomic E-state index is 12.4. The molecule has 4 aliphatic heterocycles. The number of nitrogens with zero attached hydrogens (tertiary/aromatic N) is 3. The first-order chi connectivity index (χ1) is 21.1. The van der Waals surface area contributed by atoms with Gasteiger partial charge in [-0.15, -0.1) is 0 Å². The third-order valence-corrected chi connectivity index (χ3v) is 9.36. The monoisotopic (exact) mass is 606 g/mol. The van der Waals surface area contributed by atoms with E-state index in [9.17, 15) is 14.9 Å². The van der Waals surface area contributed by atoms with Gasteiger partial charge in [-0.1, -0.05) is 6.07 Å². The first kappa shape index (κ1) is 30.0. The molecule has 4 aliphatic rings. The van der Waals surface area contributed by atoms with Gasteiger partial charge in [0.1, 0.15) is 11.8 Å². The number of hydrogen-bond acceptors (Lipinski definition) is 11. The SMILES string of the molecule is COCOc1c(OC)c(C)cc2c1[C@@H]1C3Cc4c(OC(C)=O)c(C)c5c(c4[C@H](CNC(C)=O)N3[C@@H](C#N)[C@@H](C2)N1C)OCO5. The topological polar surface area (TPSA) is 132 Å². The number of amides is 1. The van der Waals surface area contributed by atoms with Crippen LogP contribution in [0.4, 0.5) is 0 Å². The minimum atomic E-state index is -0.525. The molecule has 12 nitrogen and oxygen atoms in total. The van der Waals surface area contributed by atoms with Crippen molar-refractivity contribution in [1.29, 1.82) is 5.26 Å². The van der Waals surface area contributed by atoms with Crippen LogP contribution in [-0.4, -0.2) is 81.2 Å². The first-order valence-electron chi connectivity index (χ1n) is 14.7. The van der Waals surface area contributed by atoms with Crippen molar-refractivity contribution in [3.05, 3.63) is 39.4 Å². The molecule has 2 bridgehead atoms. The Morgan fingerprint density at radius 2 is 1.82 bits per heavy atom. The lowest BCUT2D eigenvalue weighted by Gasteiger charge is -2.60. The van der Waals surface area contributed by atoms with Gasteiger partial charge in [-0.25, -0.2) is 0 Å². The van der Waals surface area contributed by atoms with Crippen LogP contribution in [0.1, 0.15) is 59.3 Å². The second-order valence-corrected chi connectivity index (χ2v) is 11.8. The van der Waals surface area contributed by atoms with Crippen molar-refractivity contribution in [3.63, 3.8) is 0 Å². The highest BCUT2D eigenvalue weighted by Gasteiger charge is 2.57. The number of hydrogen-bond donors (Lipinski definition) is 1. The Kier molecular flexibility index (Phi) is 7.82. The standard InChI is InChI=1S/C32H38N4O8/c1-15-8-19-9-21-23(11-33)36-22(27(35(21)5)25(19)31(28(15)40-7)41-13-39-6)10-20-26(24(36)12-34-17(3)37)32-30(42-14-43-32)16(2)29(20)44-18(4)38/h8,21-24,27H,9-10,12-14H2,1-7H3,(H,34,37)/t21-,22?,23+,24+,27+/m1/s1. The smallest absolute Gasteiger partial charge is 0.308 e. The van der Waals surface area contributed by atoms with Gasteiger partial charge in [0.15, 0.2) is 29.8 Å². The fraction of sp³-hybridized carbons (Fsp3) is 0.531. The molecule has 12 heteroatoms. The van der Waals surface area contributed by atoms with Gasteiger partial charge in [-0.3, -0.25) is 19.4 Å². The van der Waals surface area contributed by atoms with Crippen molar-refractivity contribution in [2.75, 3.05) is 41.4 Å². The zero-order valence-corrected chi connectivity index (χ0v) is 26.1. The lowest BCUT2D eigenvalue weighted by Crippen LogP contribution is -2.68. The molecule has 1 amide bonds. The zero-order valence-electron chi connectivity index (χ0n) is 26.1. The molecule has 1 fully saturated rings.